The van der Waals surface area contributed by atoms with Gasteiger partial charge in [-0.1, -0.05) is 96.3 Å². The highest BCUT2D eigenvalue weighted by Crippen LogP contribution is 2.25. The Morgan fingerprint density at radius 3 is 1.43 bits per heavy atom. The van der Waals surface area contributed by atoms with Crippen LogP contribution in [-0.2, 0) is 14.0 Å². The van der Waals surface area contributed by atoms with Crippen LogP contribution >= 0.6 is 7.82 Å². The summed E-state index contributed by atoms with van der Waals surface area (Å²) in [6.07, 6.45) is 13.6. The van der Waals surface area contributed by atoms with Gasteiger partial charge in [0.05, 0.1) is 31.5 Å². The number of carbonyl (C=O) groups is 2. The molecule has 0 radical (unpaired) electrons. The molecule has 0 aliphatic carbocycles. The Morgan fingerprint density at radius 2 is 1.07 bits per heavy atom. The maximum atomic E-state index is 12.4. The van der Waals surface area contributed by atoms with Crippen LogP contribution in [-0.4, -0.2) is 52.0 Å². The summed E-state index contributed by atoms with van der Waals surface area (Å²) >= 11 is 0. The first-order valence-corrected chi connectivity index (χ1v) is 16.1. The number of aromatic hydroxyl groups is 1. The highest BCUT2D eigenvalue weighted by molar-refractivity contribution is 7.45. The Balaban J connectivity index is 0.000000976. The summed E-state index contributed by atoms with van der Waals surface area (Å²) in [5.41, 5.74) is 0.586. The van der Waals surface area contributed by atoms with Crippen LogP contribution in [0.25, 0.3) is 0 Å². The lowest BCUT2D eigenvalue weighted by molar-refractivity contribution is 0.0450. The molecule has 4 N–H and O–H groups in total. The highest BCUT2D eigenvalue weighted by atomic mass is 31.2. The van der Waals surface area contributed by atoms with Crippen molar-refractivity contribution in [2.45, 2.75) is 90.9 Å². The van der Waals surface area contributed by atoms with Crippen LogP contribution in [0.5, 0.6) is 11.5 Å². The largest absolute Gasteiger partial charge is 0.508 e. The average molecular weight is 613 g/mol. The van der Waals surface area contributed by atoms with Crippen LogP contribution < -0.4 is 4.74 Å². The molecule has 0 spiro atoms. The van der Waals surface area contributed by atoms with Crippen molar-refractivity contribution in [1.29, 1.82) is 0 Å². The van der Waals surface area contributed by atoms with Crippen LogP contribution in [0.2, 0.25) is 0 Å². The first-order valence-electron chi connectivity index (χ1n) is 14.6. The summed E-state index contributed by atoms with van der Waals surface area (Å²) in [5, 5.41) is 8.86. The van der Waals surface area contributed by atoms with Crippen molar-refractivity contribution in [2.24, 2.45) is 0 Å². The topological polar surface area (TPSA) is 160 Å². The number of esters is 2. The van der Waals surface area contributed by atoms with Gasteiger partial charge in [-0.25, -0.2) is 14.2 Å². The number of phenols is 1. The van der Waals surface area contributed by atoms with Gasteiger partial charge in [0.1, 0.15) is 11.5 Å². The standard InChI is InChI=1S/C24H38O4.C7H8O2.H3O4P/c1-3-5-7-9-11-15-19-27-23(25)21-17-13-14-18-22(21)24(26)28-20-16-12-10-8-6-4-2;1-9-7-4-2-3-6(8)5-7;1-5(2,3)4/h13-14,17-18H,3-12,15-16,19-20H2,1-2H3;2-5,8H,1H3;(H3,1,2,3,4). The molecule has 0 heterocycles. The number of unbranched alkanes of at least 4 members (excludes halogenated alkanes) is 10. The summed E-state index contributed by atoms with van der Waals surface area (Å²) in [7, 11) is -3.07. The smallest absolute Gasteiger partial charge is 0.466 e. The molecule has 0 amide bonds. The van der Waals surface area contributed by atoms with E-state index in [9.17, 15) is 9.59 Å². The van der Waals surface area contributed by atoms with Gasteiger partial charge >= 0.3 is 19.8 Å². The maximum absolute atomic E-state index is 12.4. The summed E-state index contributed by atoms with van der Waals surface area (Å²) in [5.74, 6) is 0.0192. The number of hydrogen-bond donors (Lipinski definition) is 4. The van der Waals surface area contributed by atoms with Crippen molar-refractivity contribution in [3.8, 4) is 11.5 Å². The Labute approximate surface area is 250 Å². The molecular formula is C31H49O10P. The fraction of sp³-hybridized carbons (Fsp3) is 0.548. The lowest BCUT2D eigenvalue weighted by Crippen LogP contribution is -2.15. The number of rotatable bonds is 17. The van der Waals surface area contributed by atoms with Gasteiger partial charge in [0.15, 0.2) is 0 Å². The minimum atomic E-state index is -4.64. The van der Waals surface area contributed by atoms with Crippen molar-refractivity contribution in [3.05, 3.63) is 59.7 Å². The molecular weight excluding hydrogens is 563 g/mol. The van der Waals surface area contributed by atoms with Gasteiger partial charge in [0.2, 0.25) is 0 Å². The second-order valence-electron chi connectivity index (χ2n) is 9.57. The number of hydrogen-bond acceptors (Lipinski definition) is 7. The Bertz CT molecular complexity index is 981. The number of ether oxygens (including phenoxy) is 3. The molecule has 0 saturated carbocycles. The van der Waals surface area contributed by atoms with Gasteiger partial charge in [-0.2, -0.15) is 0 Å². The van der Waals surface area contributed by atoms with E-state index in [0.717, 1.165) is 25.7 Å². The zero-order valence-electron chi connectivity index (χ0n) is 25.2. The molecule has 10 nitrogen and oxygen atoms in total. The molecule has 42 heavy (non-hydrogen) atoms. The van der Waals surface area contributed by atoms with Crippen molar-refractivity contribution >= 4 is 19.8 Å². The van der Waals surface area contributed by atoms with E-state index < -0.39 is 19.8 Å². The number of carbonyl (C=O) groups excluding carboxylic acids is 2. The molecule has 0 bridgehead atoms. The van der Waals surface area contributed by atoms with Crippen LogP contribution in [0.1, 0.15) is 112 Å². The lowest BCUT2D eigenvalue weighted by Gasteiger charge is -2.10. The molecule has 2 aromatic rings. The van der Waals surface area contributed by atoms with Gasteiger partial charge in [-0.05, 0) is 37.1 Å². The van der Waals surface area contributed by atoms with Crippen molar-refractivity contribution in [2.75, 3.05) is 20.3 Å². The van der Waals surface area contributed by atoms with E-state index >= 15 is 0 Å². The Kier molecular flexibility index (Phi) is 23.0. The normalized spacial score (nSPS) is 10.4. The highest BCUT2D eigenvalue weighted by Gasteiger charge is 2.18. The van der Waals surface area contributed by atoms with Crippen molar-refractivity contribution in [1.82, 2.24) is 0 Å². The third-order valence-corrected chi connectivity index (χ3v) is 5.88. The minimum Gasteiger partial charge on any atom is -0.508 e. The predicted molar refractivity (Wildman–Crippen MR) is 163 cm³/mol. The average Bonchev–Trinajstić information content (AvgIpc) is 2.95. The predicted octanol–water partition coefficient (Wildman–Crippen LogP) is 7.19. The molecule has 2 rings (SSSR count). The molecule has 238 valence electrons. The zero-order chi connectivity index (χ0) is 31.6. The monoisotopic (exact) mass is 612 g/mol. The van der Waals surface area contributed by atoms with Gasteiger partial charge in [0, 0.05) is 6.07 Å². The van der Waals surface area contributed by atoms with E-state index in [1.54, 1.807) is 55.6 Å². The summed E-state index contributed by atoms with van der Waals surface area (Å²) < 4.78 is 24.4. The van der Waals surface area contributed by atoms with E-state index in [-0.39, 0.29) is 5.75 Å². The third kappa shape index (κ3) is 22.7. The molecule has 0 aliphatic heterocycles. The van der Waals surface area contributed by atoms with Gasteiger partial charge in [-0.3, -0.25) is 0 Å². The maximum Gasteiger partial charge on any atom is 0.466 e. The summed E-state index contributed by atoms with van der Waals surface area (Å²) in [6, 6.07) is 13.4. The van der Waals surface area contributed by atoms with Gasteiger partial charge in [-0.15, -0.1) is 0 Å². The Morgan fingerprint density at radius 1 is 0.667 bits per heavy atom. The fourth-order valence-electron chi connectivity index (χ4n) is 3.70. The molecule has 0 fully saturated rings. The summed E-state index contributed by atoms with van der Waals surface area (Å²) in [4.78, 5) is 46.3. The second-order valence-corrected chi connectivity index (χ2v) is 10.6. The van der Waals surface area contributed by atoms with E-state index in [0.29, 0.717) is 30.1 Å². The van der Waals surface area contributed by atoms with Crippen LogP contribution in [0.3, 0.4) is 0 Å². The van der Waals surface area contributed by atoms with Crippen molar-refractivity contribution in [3.63, 3.8) is 0 Å². The number of methoxy groups -OCH3 is 1. The molecule has 0 atom stereocenters. The second kappa shape index (κ2) is 24.7. The molecule has 0 aromatic heterocycles. The first kappa shape index (κ1) is 39.1. The lowest BCUT2D eigenvalue weighted by atomic mass is 10.1. The van der Waals surface area contributed by atoms with Gasteiger partial charge in [0.25, 0.3) is 0 Å². The first-order chi connectivity index (χ1) is 20.0. The van der Waals surface area contributed by atoms with E-state index in [1.165, 1.54) is 51.4 Å². The number of phenolic OH excluding ortho intramolecular Hbond substituents is 1. The molecule has 2 aromatic carbocycles. The number of phosphoric acid groups is 1. The number of benzene rings is 2. The quantitative estimate of drug-likeness (QED) is 0.0817. The SMILES string of the molecule is CCCCCCCCOC(=O)c1ccccc1C(=O)OCCCCCCCC.COc1cccc(O)c1.O=P(O)(O)O. The third-order valence-electron chi connectivity index (χ3n) is 5.88. The fourth-order valence-corrected chi connectivity index (χ4v) is 3.70. The van der Waals surface area contributed by atoms with E-state index in [1.807, 2.05) is 0 Å². The van der Waals surface area contributed by atoms with Crippen LogP contribution in [0.15, 0.2) is 48.5 Å². The van der Waals surface area contributed by atoms with Crippen LogP contribution in [0, 0.1) is 0 Å². The van der Waals surface area contributed by atoms with E-state index in [4.69, 9.17) is 38.6 Å². The van der Waals surface area contributed by atoms with Crippen LogP contribution in [0.4, 0.5) is 0 Å². The van der Waals surface area contributed by atoms with Gasteiger partial charge < -0.3 is 34.0 Å². The minimum absolute atomic E-state index is 0.231. The van der Waals surface area contributed by atoms with Crippen molar-refractivity contribution < 1.29 is 48.2 Å². The summed E-state index contributed by atoms with van der Waals surface area (Å²) in [6.45, 7) is 5.17. The molecule has 0 saturated heterocycles. The zero-order valence-corrected chi connectivity index (χ0v) is 26.1. The van der Waals surface area contributed by atoms with E-state index in [2.05, 4.69) is 13.8 Å². The molecule has 11 heteroatoms. The molecule has 0 unspecified atom stereocenters. The molecule has 0 aliphatic rings. The Hall–Kier alpha value is -2.91.